The van der Waals surface area contributed by atoms with Crippen molar-refractivity contribution in [2.75, 3.05) is 6.61 Å². The fourth-order valence-corrected chi connectivity index (χ4v) is 4.22. The van der Waals surface area contributed by atoms with Crippen molar-refractivity contribution in [1.82, 2.24) is 0 Å². The largest absolute Gasteiger partial charge is 0.463 e. The van der Waals surface area contributed by atoms with Gasteiger partial charge in [0.2, 0.25) is 0 Å². The molecule has 8 atom stereocenters. The van der Waals surface area contributed by atoms with Crippen LogP contribution in [0.4, 0.5) is 0 Å². The van der Waals surface area contributed by atoms with Gasteiger partial charge in [0.05, 0.1) is 12.0 Å². The SMILES string of the molecule is CC(=O)OC[C@H]1O[C@@H](O[C@H]2C=CC[C@H]3C(=O)OC(=O)[C@@H]23)[C@H](OC(C)=O)[C@@H](OC(C)=O)[C@@H]1OC(C)=O. The molecule has 0 aromatic heterocycles. The van der Waals surface area contributed by atoms with E-state index in [1.807, 2.05) is 0 Å². The Kier molecular flexibility index (Phi) is 8.22. The molecule has 3 rings (SSSR count). The van der Waals surface area contributed by atoms with Crippen molar-refractivity contribution in [3.05, 3.63) is 12.2 Å². The lowest BCUT2D eigenvalue weighted by atomic mass is 9.83. The van der Waals surface area contributed by atoms with Crippen LogP contribution in [0, 0.1) is 11.8 Å². The van der Waals surface area contributed by atoms with Gasteiger partial charge in [-0.1, -0.05) is 12.2 Å². The molecule has 13 nitrogen and oxygen atoms in total. The van der Waals surface area contributed by atoms with Gasteiger partial charge in [0.25, 0.3) is 0 Å². The molecule has 0 amide bonds. The average molecular weight is 498 g/mol. The van der Waals surface area contributed by atoms with E-state index in [0.29, 0.717) is 0 Å². The quantitative estimate of drug-likeness (QED) is 0.195. The minimum absolute atomic E-state index is 0.272. The number of hydrogen-bond donors (Lipinski definition) is 0. The fraction of sp³-hybridized carbons (Fsp3) is 0.636. The lowest BCUT2D eigenvalue weighted by Gasteiger charge is -2.45. The van der Waals surface area contributed by atoms with Gasteiger partial charge in [0.15, 0.2) is 24.6 Å². The van der Waals surface area contributed by atoms with Crippen molar-refractivity contribution in [2.45, 2.75) is 70.9 Å². The summed E-state index contributed by atoms with van der Waals surface area (Å²) in [6, 6.07) is 0. The molecule has 1 aliphatic carbocycles. The van der Waals surface area contributed by atoms with Crippen LogP contribution in [0.1, 0.15) is 34.1 Å². The number of rotatable bonds is 7. The Hall–Kier alpha value is -3.32. The molecule has 35 heavy (non-hydrogen) atoms. The van der Waals surface area contributed by atoms with E-state index in [1.165, 1.54) is 6.08 Å². The van der Waals surface area contributed by atoms with Gasteiger partial charge < -0.3 is 33.2 Å². The Morgan fingerprint density at radius 1 is 0.857 bits per heavy atom. The van der Waals surface area contributed by atoms with Gasteiger partial charge in [-0.25, -0.2) is 0 Å². The second kappa shape index (κ2) is 11.0. The average Bonchev–Trinajstić information content (AvgIpc) is 3.04. The predicted octanol–water partition coefficient (Wildman–Crippen LogP) is -0.270. The van der Waals surface area contributed by atoms with E-state index in [1.54, 1.807) is 6.08 Å². The molecule has 2 saturated heterocycles. The number of allylic oxidation sites excluding steroid dienone is 1. The van der Waals surface area contributed by atoms with Crippen LogP contribution < -0.4 is 0 Å². The fourth-order valence-electron chi connectivity index (χ4n) is 4.22. The number of hydrogen-bond acceptors (Lipinski definition) is 13. The Morgan fingerprint density at radius 2 is 1.46 bits per heavy atom. The Labute approximate surface area is 199 Å². The molecule has 0 aromatic carbocycles. The van der Waals surface area contributed by atoms with Gasteiger partial charge in [-0.2, -0.15) is 0 Å². The number of ether oxygens (including phenoxy) is 7. The maximum absolute atomic E-state index is 12.3. The van der Waals surface area contributed by atoms with Crippen LogP contribution in [0.3, 0.4) is 0 Å². The third kappa shape index (κ3) is 6.22. The normalized spacial score (nSPS) is 33.8. The van der Waals surface area contributed by atoms with Crippen LogP contribution in [0.25, 0.3) is 0 Å². The van der Waals surface area contributed by atoms with E-state index in [-0.39, 0.29) is 6.42 Å². The van der Waals surface area contributed by atoms with E-state index in [4.69, 9.17) is 33.2 Å². The highest BCUT2D eigenvalue weighted by molar-refractivity contribution is 5.97. The Balaban J connectivity index is 1.96. The summed E-state index contributed by atoms with van der Waals surface area (Å²) in [7, 11) is 0. The van der Waals surface area contributed by atoms with E-state index in [9.17, 15) is 28.8 Å². The molecule has 0 saturated carbocycles. The van der Waals surface area contributed by atoms with Gasteiger partial charge >= 0.3 is 35.8 Å². The summed E-state index contributed by atoms with van der Waals surface area (Å²) in [4.78, 5) is 71.3. The summed E-state index contributed by atoms with van der Waals surface area (Å²) in [5.74, 6) is -6.21. The number of carbonyl (C=O) groups excluding carboxylic acids is 6. The molecular formula is C22H26O13. The molecule has 13 heteroatoms. The first-order valence-electron chi connectivity index (χ1n) is 10.9. The van der Waals surface area contributed by atoms with Crippen LogP contribution in [-0.4, -0.2) is 79.2 Å². The van der Waals surface area contributed by atoms with Gasteiger partial charge in [-0.3, -0.25) is 28.8 Å². The van der Waals surface area contributed by atoms with E-state index in [2.05, 4.69) is 0 Å². The van der Waals surface area contributed by atoms with Crippen LogP contribution in [0.2, 0.25) is 0 Å². The first-order chi connectivity index (χ1) is 16.5. The minimum atomic E-state index is -1.48. The molecular weight excluding hydrogens is 472 g/mol. The molecule has 2 heterocycles. The molecule has 2 aliphatic heterocycles. The third-order valence-electron chi connectivity index (χ3n) is 5.52. The smallest absolute Gasteiger partial charge is 0.320 e. The summed E-state index contributed by atoms with van der Waals surface area (Å²) in [6.07, 6.45) is -4.46. The monoisotopic (exact) mass is 498 g/mol. The highest BCUT2D eigenvalue weighted by atomic mass is 16.7. The highest BCUT2D eigenvalue weighted by Crippen LogP contribution is 2.38. The van der Waals surface area contributed by atoms with Crippen LogP contribution in [0.15, 0.2) is 12.2 Å². The van der Waals surface area contributed by atoms with Crippen molar-refractivity contribution in [3.8, 4) is 0 Å². The molecule has 0 radical (unpaired) electrons. The number of esters is 6. The molecule has 0 spiro atoms. The zero-order valence-electron chi connectivity index (χ0n) is 19.5. The zero-order valence-corrected chi connectivity index (χ0v) is 19.5. The standard InChI is InChI=1S/C22H26O13/c1-9(23)29-8-15-17(30-10(2)24)18(31-11(3)25)19(32-12(4)26)22(34-15)33-14-7-5-6-13-16(14)21(28)35-20(13)27/h5,7,13-19,22H,6,8H2,1-4H3/t13-,14+,15-,16-,17-,18+,19-,22-/m1/s1. The zero-order chi connectivity index (χ0) is 25.9. The van der Waals surface area contributed by atoms with Gasteiger partial charge in [-0.15, -0.1) is 0 Å². The molecule has 2 fully saturated rings. The molecule has 0 unspecified atom stereocenters. The van der Waals surface area contributed by atoms with Gasteiger partial charge in [-0.05, 0) is 6.42 Å². The van der Waals surface area contributed by atoms with E-state index < -0.39 is 91.1 Å². The molecule has 3 aliphatic rings. The lowest BCUT2D eigenvalue weighted by Crippen LogP contribution is -2.63. The first-order valence-corrected chi connectivity index (χ1v) is 10.9. The summed E-state index contributed by atoms with van der Waals surface area (Å²) in [6.45, 7) is 4.02. The second-order valence-electron chi connectivity index (χ2n) is 8.20. The van der Waals surface area contributed by atoms with Crippen LogP contribution in [-0.2, 0) is 61.9 Å². The number of cyclic esters (lactones) is 2. The topological polar surface area (TPSA) is 167 Å². The van der Waals surface area contributed by atoms with E-state index in [0.717, 1.165) is 27.7 Å². The molecule has 0 N–H and O–H groups in total. The lowest BCUT2D eigenvalue weighted by molar-refractivity contribution is -0.316. The van der Waals surface area contributed by atoms with Crippen molar-refractivity contribution < 1.29 is 61.9 Å². The maximum Gasteiger partial charge on any atom is 0.320 e. The Morgan fingerprint density at radius 3 is 2.06 bits per heavy atom. The van der Waals surface area contributed by atoms with Gasteiger partial charge in [0, 0.05) is 27.7 Å². The number of fused-ring (bicyclic) bond motifs is 1. The predicted molar refractivity (Wildman–Crippen MR) is 109 cm³/mol. The Bertz CT molecular complexity index is 924. The highest BCUT2D eigenvalue weighted by Gasteiger charge is 2.55. The molecule has 192 valence electrons. The summed E-state index contributed by atoms with van der Waals surface area (Å²) in [5.41, 5.74) is 0. The summed E-state index contributed by atoms with van der Waals surface area (Å²) < 4.78 is 37.5. The maximum atomic E-state index is 12.3. The van der Waals surface area contributed by atoms with Crippen molar-refractivity contribution >= 4 is 35.8 Å². The van der Waals surface area contributed by atoms with Crippen molar-refractivity contribution in [3.63, 3.8) is 0 Å². The van der Waals surface area contributed by atoms with Crippen molar-refractivity contribution in [1.29, 1.82) is 0 Å². The summed E-state index contributed by atoms with van der Waals surface area (Å²) >= 11 is 0. The number of carbonyl (C=O) groups is 6. The minimum Gasteiger partial charge on any atom is -0.463 e. The van der Waals surface area contributed by atoms with Crippen LogP contribution in [0.5, 0.6) is 0 Å². The van der Waals surface area contributed by atoms with E-state index >= 15 is 0 Å². The second-order valence-corrected chi connectivity index (χ2v) is 8.20. The molecule has 0 bridgehead atoms. The van der Waals surface area contributed by atoms with Gasteiger partial charge in [0.1, 0.15) is 18.6 Å². The first kappa shape index (κ1) is 26.3. The van der Waals surface area contributed by atoms with Crippen molar-refractivity contribution in [2.24, 2.45) is 11.8 Å². The third-order valence-corrected chi connectivity index (χ3v) is 5.52. The van der Waals surface area contributed by atoms with Crippen LogP contribution >= 0.6 is 0 Å². The summed E-state index contributed by atoms with van der Waals surface area (Å²) in [5, 5.41) is 0. The molecule has 0 aromatic rings.